The van der Waals surface area contributed by atoms with E-state index >= 15 is 0 Å². The highest BCUT2D eigenvalue weighted by atomic mass is 16.5. The zero-order valence-electron chi connectivity index (χ0n) is 15.6. The van der Waals surface area contributed by atoms with Crippen LogP contribution in [-0.2, 0) is 4.74 Å². The number of ether oxygens (including phenoxy) is 1. The molecule has 10 heteroatoms. The van der Waals surface area contributed by atoms with E-state index in [1.54, 1.807) is 36.4 Å². The summed E-state index contributed by atoms with van der Waals surface area (Å²) < 4.78 is 6.06. The second-order valence-electron chi connectivity index (χ2n) is 5.96. The molecule has 0 atom stereocenters. The number of rotatable bonds is 4. The highest BCUT2D eigenvalue weighted by Crippen LogP contribution is 2.39. The minimum Gasteiger partial charge on any atom is -0.505 e. The summed E-state index contributed by atoms with van der Waals surface area (Å²) >= 11 is 0. The van der Waals surface area contributed by atoms with Crippen molar-refractivity contribution in [3.05, 3.63) is 72.0 Å². The number of nitrogens with zero attached hydrogens (tertiary/aromatic N) is 7. The maximum atomic E-state index is 12.2. The Labute approximate surface area is 169 Å². The molecule has 0 unspecified atom stereocenters. The number of hydrogen-bond acceptors (Lipinski definition) is 8. The van der Waals surface area contributed by atoms with Gasteiger partial charge in [0.15, 0.2) is 11.6 Å². The molecule has 2 aromatic carbocycles. The molecule has 0 radical (unpaired) electrons. The Morgan fingerprint density at radius 2 is 1.97 bits per heavy atom. The van der Waals surface area contributed by atoms with Gasteiger partial charge in [-0.2, -0.15) is 9.78 Å². The molecule has 2 heterocycles. The Morgan fingerprint density at radius 3 is 2.70 bits per heavy atom. The van der Waals surface area contributed by atoms with E-state index in [0.717, 1.165) is 0 Å². The third kappa shape index (κ3) is 3.20. The Bertz CT molecular complexity index is 1320. The van der Waals surface area contributed by atoms with Gasteiger partial charge in [-0.25, -0.2) is 19.6 Å². The number of carbonyl (C=O) groups is 1. The third-order valence-electron chi connectivity index (χ3n) is 4.23. The van der Waals surface area contributed by atoms with E-state index in [4.69, 9.17) is 11.3 Å². The number of hydrogen-bond donors (Lipinski definition) is 1. The molecule has 10 nitrogen and oxygen atoms in total. The zero-order chi connectivity index (χ0) is 21.1. The van der Waals surface area contributed by atoms with Crippen LogP contribution in [0.5, 0.6) is 5.75 Å². The SMILES string of the molecule is [C-]#[N+]c1cnn(-c2ncccn2)c1/N=N/c1cc2ccccc2c(C(=O)OC)c1O. The lowest BCUT2D eigenvalue weighted by molar-refractivity contribution is 0.0600. The first-order chi connectivity index (χ1) is 14.6. The quantitative estimate of drug-likeness (QED) is 0.311. The fraction of sp³-hybridized carbons (Fsp3) is 0.0500. The number of aromatic nitrogens is 4. The highest BCUT2D eigenvalue weighted by Gasteiger charge is 2.20. The molecule has 4 rings (SSSR count). The monoisotopic (exact) mass is 399 g/mol. The molecule has 0 bridgehead atoms. The van der Waals surface area contributed by atoms with E-state index in [1.807, 2.05) is 0 Å². The van der Waals surface area contributed by atoms with Crippen LogP contribution in [0.25, 0.3) is 21.6 Å². The number of phenols is 1. The second-order valence-corrected chi connectivity index (χ2v) is 5.96. The largest absolute Gasteiger partial charge is 0.505 e. The van der Waals surface area contributed by atoms with Crippen molar-refractivity contribution in [2.24, 2.45) is 10.2 Å². The first-order valence-corrected chi connectivity index (χ1v) is 8.61. The van der Waals surface area contributed by atoms with Gasteiger partial charge in [0.25, 0.3) is 11.6 Å². The molecule has 4 aromatic rings. The van der Waals surface area contributed by atoms with Crippen LogP contribution in [0.15, 0.2) is 65.2 Å². The molecule has 0 aliphatic carbocycles. The lowest BCUT2D eigenvalue weighted by Crippen LogP contribution is -2.03. The van der Waals surface area contributed by atoms with Crippen LogP contribution in [0.1, 0.15) is 10.4 Å². The van der Waals surface area contributed by atoms with Gasteiger partial charge in [-0.1, -0.05) is 24.3 Å². The summed E-state index contributed by atoms with van der Waals surface area (Å²) in [6.45, 7) is 7.33. The van der Waals surface area contributed by atoms with Gasteiger partial charge in [0.1, 0.15) is 11.3 Å². The number of esters is 1. The molecular formula is C20H13N7O3. The molecule has 0 aliphatic rings. The number of azo groups is 1. The smallest absolute Gasteiger partial charge is 0.342 e. The van der Waals surface area contributed by atoms with Crippen molar-refractivity contribution in [1.29, 1.82) is 0 Å². The number of phenolic OH excluding ortho intramolecular Hbond substituents is 1. The maximum Gasteiger partial charge on any atom is 0.342 e. The van der Waals surface area contributed by atoms with Gasteiger partial charge in [-0.3, -0.25) is 0 Å². The lowest BCUT2D eigenvalue weighted by Gasteiger charge is -2.09. The molecule has 146 valence electrons. The van der Waals surface area contributed by atoms with Crippen LogP contribution in [0.2, 0.25) is 0 Å². The fourth-order valence-corrected chi connectivity index (χ4v) is 2.86. The Kier molecular flexibility index (Phi) is 4.84. The molecule has 0 aliphatic heterocycles. The summed E-state index contributed by atoms with van der Waals surface area (Å²) in [5.41, 5.74) is 0.140. The van der Waals surface area contributed by atoms with Crippen molar-refractivity contribution in [2.75, 3.05) is 7.11 Å². The first kappa shape index (κ1) is 18.7. The van der Waals surface area contributed by atoms with Gasteiger partial charge < -0.3 is 9.84 Å². The molecule has 2 aromatic heterocycles. The standard InChI is InChI=1S/C20H13N7O3/c1-21-15-11-24-27(20-22-8-5-9-23-20)18(15)26-25-14-10-12-6-3-4-7-13(12)16(17(14)28)19(29)30-2/h3-11,28H,2H3/b26-25+. The number of methoxy groups -OCH3 is 1. The average Bonchev–Trinajstić information content (AvgIpc) is 3.20. The van der Waals surface area contributed by atoms with Gasteiger partial charge >= 0.3 is 5.97 Å². The van der Waals surface area contributed by atoms with Crippen LogP contribution in [0, 0.1) is 6.57 Å². The molecule has 30 heavy (non-hydrogen) atoms. The van der Waals surface area contributed by atoms with E-state index < -0.39 is 5.97 Å². The van der Waals surface area contributed by atoms with Gasteiger partial charge in [-0.15, -0.1) is 10.2 Å². The van der Waals surface area contributed by atoms with Crippen molar-refractivity contribution in [3.8, 4) is 11.7 Å². The molecule has 0 amide bonds. The minimum absolute atomic E-state index is 0.0187. The van der Waals surface area contributed by atoms with Crippen LogP contribution in [0.3, 0.4) is 0 Å². The highest BCUT2D eigenvalue weighted by molar-refractivity contribution is 6.09. The van der Waals surface area contributed by atoms with Crippen LogP contribution < -0.4 is 0 Å². The first-order valence-electron chi connectivity index (χ1n) is 8.61. The topological polar surface area (TPSA) is 119 Å². The Hall–Kier alpha value is -4.65. The predicted molar refractivity (Wildman–Crippen MR) is 107 cm³/mol. The van der Waals surface area contributed by atoms with Gasteiger partial charge in [0.05, 0.1) is 19.9 Å². The summed E-state index contributed by atoms with van der Waals surface area (Å²) in [6.07, 6.45) is 4.37. The van der Waals surface area contributed by atoms with Gasteiger partial charge in [0.2, 0.25) is 0 Å². The van der Waals surface area contributed by atoms with Crippen molar-refractivity contribution >= 4 is 33.9 Å². The maximum absolute atomic E-state index is 12.2. The van der Waals surface area contributed by atoms with Crippen LogP contribution in [-0.4, -0.2) is 37.9 Å². The molecule has 1 N–H and O–H groups in total. The van der Waals surface area contributed by atoms with E-state index in [9.17, 15) is 9.90 Å². The molecule has 0 saturated carbocycles. The summed E-state index contributed by atoms with van der Waals surface area (Å²) in [7, 11) is 1.23. The molecular weight excluding hydrogens is 386 g/mol. The van der Waals surface area contributed by atoms with E-state index in [0.29, 0.717) is 10.8 Å². The van der Waals surface area contributed by atoms with Crippen LogP contribution >= 0.6 is 0 Å². The average molecular weight is 399 g/mol. The van der Waals surface area contributed by atoms with Gasteiger partial charge in [-0.05, 0) is 17.5 Å². The normalized spacial score (nSPS) is 10.9. The zero-order valence-corrected chi connectivity index (χ0v) is 15.6. The number of aromatic hydroxyl groups is 1. The van der Waals surface area contributed by atoms with Crippen molar-refractivity contribution < 1.29 is 14.6 Å². The minimum atomic E-state index is -0.703. The molecule has 0 saturated heterocycles. The van der Waals surface area contributed by atoms with Crippen LogP contribution in [0.4, 0.5) is 17.2 Å². The molecule has 0 spiro atoms. The van der Waals surface area contributed by atoms with E-state index in [-0.39, 0.29) is 34.5 Å². The van der Waals surface area contributed by atoms with Crippen molar-refractivity contribution in [3.63, 3.8) is 0 Å². The van der Waals surface area contributed by atoms with Crippen molar-refractivity contribution in [1.82, 2.24) is 19.7 Å². The fourth-order valence-electron chi connectivity index (χ4n) is 2.86. The second kappa shape index (κ2) is 7.76. The van der Waals surface area contributed by atoms with Gasteiger partial charge in [0, 0.05) is 17.8 Å². The van der Waals surface area contributed by atoms with E-state index in [1.165, 1.54) is 30.4 Å². The number of carbonyl (C=O) groups excluding carboxylic acids is 1. The predicted octanol–water partition coefficient (Wildman–Crippen LogP) is 4.27. The summed E-state index contributed by atoms with van der Waals surface area (Å²) in [4.78, 5) is 23.8. The number of fused-ring (bicyclic) bond motifs is 1. The number of benzene rings is 2. The van der Waals surface area contributed by atoms with E-state index in [2.05, 4.69) is 30.1 Å². The lowest BCUT2D eigenvalue weighted by atomic mass is 10.0. The Morgan fingerprint density at radius 1 is 1.20 bits per heavy atom. The summed E-state index contributed by atoms with van der Waals surface area (Å²) in [6, 6.07) is 10.2. The summed E-state index contributed by atoms with van der Waals surface area (Å²) in [5, 5.41) is 24.1. The molecule has 0 fully saturated rings. The summed E-state index contributed by atoms with van der Waals surface area (Å²) in [5.74, 6) is -0.788. The third-order valence-corrected chi connectivity index (χ3v) is 4.23. The van der Waals surface area contributed by atoms with Crippen molar-refractivity contribution in [2.45, 2.75) is 0 Å². The Balaban J connectivity index is 1.87.